The molecule has 1 amide bonds. The van der Waals surface area contributed by atoms with Gasteiger partial charge in [0.15, 0.2) is 5.71 Å². The predicted octanol–water partition coefficient (Wildman–Crippen LogP) is 13.7. The van der Waals surface area contributed by atoms with Gasteiger partial charge in [-0.1, -0.05) is 149 Å². The molecule has 17 heteroatoms. The number of nitrogens with one attached hydrogen (secondary N) is 2. The zero-order valence-electron chi connectivity index (χ0n) is 53.2. The van der Waals surface area contributed by atoms with E-state index >= 15 is 0 Å². The summed E-state index contributed by atoms with van der Waals surface area (Å²) in [6.07, 6.45) is 16.1. The highest BCUT2D eigenvalue weighted by molar-refractivity contribution is 7.86. The number of fused-ring (bicyclic) bond motifs is 2. The summed E-state index contributed by atoms with van der Waals surface area (Å²) in [6.45, 7) is 16.2. The highest BCUT2D eigenvalue weighted by atomic mass is 32.2. The molecule has 482 valence electrons. The van der Waals surface area contributed by atoms with E-state index in [0.717, 1.165) is 89.9 Å². The molecule has 15 nitrogen and oxygen atoms in total. The maximum Gasteiger partial charge on any atom is 0.294 e. The van der Waals surface area contributed by atoms with Crippen molar-refractivity contribution in [2.24, 2.45) is 0 Å². The highest BCUT2D eigenvalue weighted by Crippen LogP contribution is 2.49. The number of ether oxygens (including phenoxy) is 4. The second-order valence-corrected chi connectivity index (χ2v) is 27.3. The minimum atomic E-state index is -4.49. The molecule has 0 bridgehead atoms. The summed E-state index contributed by atoms with van der Waals surface area (Å²) in [6, 6.07) is 50.5. The maximum absolute atomic E-state index is 13.0. The van der Waals surface area contributed by atoms with Gasteiger partial charge in [0.1, 0.15) is 18.1 Å². The first-order valence-electron chi connectivity index (χ1n) is 32.0. The van der Waals surface area contributed by atoms with Crippen LogP contribution in [-0.2, 0) is 55.6 Å². The van der Waals surface area contributed by atoms with Gasteiger partial charge in [-0.3, -0.25) is 19.2 Å². The Labute approximate surface area is 539 Å². The van der Waals surface area contributed by atoms with E-state index in [-0.39, 0.29) is 21.1 Å². The van der Waals surface area contributed by atoms with Crippen molar-refractivity contribution in [2.45, 2.75) is 125 Å². The van der Waals surface area contributed by atoms with Crippen molar-refractivity contribution in [3.8, 4) is 5.75 Å². The summed E-state index contributed by atoms with van der Waals surface area (Å²) < 4.78 is 95.7. The van der Waals surface area contributed by atoms with Crippen molar-refractivity contribution in [1.29, 1.82) is 0 Å². The second-order valence-electron chi connectivity index (χ2n) is 24.4. The quantitative estimate of drug-likeness (QED) is 0.0132. The molecule has 1 aliphatic carbocycles. The summed E-state index contributed by atoms with van der Waals surface area (Å²) in [4.78, 5) is 14.8. The van der Waals surface area contributed by atoms with E-state index in [0.29, 0.717) is 96.5 Å². The van der Waals surface area contributed by atoms with Crippen LogP contribution >= 0.6 is 0 Å². The fraction of sp³-hybridized carbons (Fsp3) is 0.378. The molecular formula is C74H89N4O11S2+. The molecule has 6 aromatic carbocycles. The number of anilines is 1. The first kappa shape index (κ1) is 68.1. The zero-order chi connectivity index (χ0) is 64.5. The van der Waals surface area contributed by atoms with Crippen LogP contribution in [0.25, 0.3) is 0 Å². The second kappa shape index (κ2) is 31.3. The van der Waals surface area contributed by atoms with Crippen LogP contribution in [0.3, 0.4) is 0 Å². The third-order valence-corrected chi connectivity index (χ3v) is 19.2. The van der Waals surface area contributed by atoms with Crippen LogP contribution in [0.4, 0.5) is 11.4 Å². The minimum absolute atomic E-state index is 0.0198. The van der Waals surface area contributed by atoms with E-state index in [2.05, 4.69) is 162 Å². The summed E-state index contributed by atoms with van der Waals surface area (Å²) in [5, 5.41) is 6.87. The Hall–Kier alpha value is -7.32. The van der Waals surface area contributed by atoms with Gasteiger partial charge in [-0.05, 0) is 140 Å². The van der Waals surface area contributed by atoms with Crippen LogP contribution in [0.1, 0.15) is 127 Å². The molecule has 0 radical (unpaired) electrons. The molecule has 6 aromatic rings. The number of hydrogen-bond donors (Lipinski definition) is 4. The molecule has 0 saturated heterocycles. The van der Waals surface area contributed by atoms with Crippen LogP contribution in [0.5, 0.6) is 5.75 Å². The van der Waals surface area contributed by atoms with E-state index < -0.39 is 31.2 Å². The topological polar surface area (TPSA) is 193 Å². The van der Waals surface area contributed by atoms with Gasteiger partial charge in [-0.2, -0.15) is 21.4 Å². The molecule has 2 aliphatic heterocycles. The fourth-order valence-electron chi connectivity index (χ4n) is 12.7. The van der Waals surface area contributed by atoms with E-state index in [1.54, 1.807) is 12.1 Å². The Morgan fingerprint density at radius 2 is 1.21 bits per heavy atom. The summed E-state index contributed by atoms with van der Waals surface area (Å²) in [5.41, 5.74) is 10.00. The molecule has 0 aromatic heterocycles. The average molecular weight is 1270 g/mol. The van der Waals surface area contributed by atoms with Crippen LogP contribution in [0.15, 0.2) is 214 Å². The van der Waals surface area contributed by atoms with E-state index in [1.165, 1.54) is 47.3 Å². The van der Waals surface area contributed by atoms with Crippen LogP contribution in [-0.4, -0.2) is 108 Å². The lowest BCUT2D eigenvalue weighted by molar-refractivity contribution is -0.438. The molecule has 9 rings (SSSR count). The smallest absolute Gasteiger partial charge is 0.294 e. The van der Waals surface area contributed by atoms with Gasteiger partial charge >= 0.3 is 0 Å². The molecule has 0 fully saturated rings. The number of carbonyl (C=O) groups excluding carboxylic acids is 1. The number of benzene rings is 6. The molecule has 0 atom stereocenters. The van der Waals surface area contributed by atoms with Crippen LogP contribution in [0.2, 0.25) is 0 Å². The summed E-state index contributed by atoms with van der Waals surface area (Å²) in [7, 11) is -8.93. The Kier molecular flexibility index (Phi) is 23.4. The Morgan fingerprint density at radius 1 is 0.615 bits per heavy atom. The number of rotatable bonds is 33. The third-order valence-electron chi connectivity index (χ3n) is 17.5. The number of amides is 1. The van der Waals surface area contributed by atoms with Gasteiger partial charge in [0.2, 0.25) is 11.6 Å². The molecule has 91 heavy (non-hydrogen) atoms. The number of para-hydroxylation sites is 1. The fourth-order valence-corrected chi connectivity index (χ4v) is 13.7. The van der Waals surface area contributed by atoms with Gasteiger partial charge < -0.3 is 29.2 Å². The van der Waals surface area contributed by atoms with E-state index in [4.69, 9.17) is 18.9 Å². The SMILES string of the molecule is CCCC[N+]1=C(C=CC2=C(Oc3ccc(S(=O)(=O)O)cc3)C(=CC=C3N(CCCCCC(=O)NCCCOCCOCCOCCNC(c4ccccc4)(c4ccccc4)c4ccccc4)c4ccc(S(=O)(=O)O)cc4C3(C)C)CCC2)C(C)(C)c2ccccc21. The number of carbonyl (C=O) groups is 1. The molecule has 0 spiro atoms. The molecule has 2 heterocycles. The molecule has 0 unspecified atom stereocenters. The first-order valence-corrected chi connectivity index (χ1v) is 34.9. The Bertz CT molecular complexity index is 3730. The van der Waals surface area contributed by atoms with E-state index in [1.807, 2.05) is 32.0 Å². The van der Waals surface area contributed by atoms with Gasteiger partial charge in [0, 0.05) is 73.6 Å². The van der Waals surface area contributed by atoms with Gasteiger partial charge in [-0.25, -0.2) is 0 Å². The number of hydrogen-bond acceptors (Lipinski definition) is 11. The summed E-state index contributed by atoms with van der Waals surface area (Å²) in [5.74, 6) is 1.03. The monoisotopic (exact) mass is 1270 g/mol. The van der Waals surface area contributed by atoms with Gasteiger partial charge in [-0.15, -0.1) is 0 Å². The molecule has 0 saturated carbocycles. The molecule has 4 N–H and O–H groups in total. The van der Waals surface area contributed by atoms with Gasteiger partial charge in [0.25, 0.3) is 20.2 Å². The largest absolute Gasteiger partial charge is 0.457 e. The Morgan fingerprint density at radius 3 is 1.84 bits per heavy atom. The average Bonchev–Trinajstić information content (AvgIpc) is 1.71. The zero-order valence-corrected chi connectivity index (χ0v) is 54.9. The third kappa shape index (κ3) is 16.9. The predicted molar refractivity (Wildman–Crippen MR) is 360 cm³/mol. The van der Waals surface area contributed by atoms with Crippen molar-refractivity contribution in [3.05, 3.63) is 232 Å². The lowest BCUT2D eigenvalue weighted by atomic mass is 9.77. The standard InChI is InChI=1S/C74H88N4O11S2/c1-6-7-47-77-66-33-20-19-32-64(66)72(2,3)68(77)43-35-56-24-22-25-57(71(56)89-61-37-39-62(40-38-61)90(80,81)82)36-44-69-73(4,5)65-55-63(91(83,84)85)41-42-67(65)78(69)48-21-11-18-34-70(79)75-45-23-49-86-51-53-88-54-52-87-50-46-76-74(58-26-12-8-13-27-58,59-28-14-9-15-29-59)60-30-16-10-17-31-60/h8-10,12-17,19-20,26-33,35-44,55,76H,6-7,11,18,21-25,34,45-54H2,1-5H3,(H2-,75,79,80,81,82,83,84,85)/p+1. The van der Waals surface area contributed by atoms with Crippen molar-refractivity contribution in [3.63, 3.8) is 0 Å². The van der Waals surface area contributed by atoms with Crippen molar-refractivity contribution >= 4 is 43.2 Å². The van der Waals surface area contributed by atoms with E-state index in [9.17, 15) is 30.7 Å². The van der Waals surface area contributed by atoms with Crippen molar-refractivity contribution < 1.29 is 54.3 Å². The molecule has 3 aliphatic rings. The van der Waals surface area contributed by atoms with Crippen molar-refractivity contribution in [1.82, 2.24) is 10.6 Å². The Balaban J connectivity index is 0.770. The van der Waals surface area contributed by atoms with Gasteiger partial charge in [0.05, 0.1) is 53.8 Å². The lowest BCUT2D eigenvalue weighted by Gasteiger charge is -2.37. The molecular weight excluding hydrogens is 1180 g/mol. The number of nitrogens with zero attached hydrogens (tertiary/aromatic N) is 2. The maximum atomic E-state index is 13.0. The van der Waals surface area contributed by atoms with Crippen LogP contribution in [0, 0.1) is 0 Å². The number of allylic oxidation sites excluding steroid dienone is 7. The first-order chi connectivity index (χ1) is 43.8. The summed E-state index contributed by atoms with van der Waals surface area (Å²) >= 11 is 0. The minimum Gasteiger partial charge on any atom is -0.457 e. The lowest BCUT2D eigenvalue weighted by Crippen LogP contribution is -2.46. The van der Waals surface area contributed by atoms with Crippen LogP contribution < -0.4 is 20.3 Å². The number of unbranched alkanes of at least 4 members (excludes halogenated alkanes) is 3. The van der Waals surface area contributed by atoms with Crippen molar-refractivity contribution in [2.75, 3.05) is 70.7 Å². The normalized spacial score (nSPS) is 16.5. The highest BCUT2D eigenvalue weighted by Gasteiger charge is 2.44.